The Morgan fingerprint density at radius 3 is 2.38 bits per heavy atom. The van der Waals surface area contributed by atoms with Gasteiger partial charge in [-0.1, -0.05) is 0 Å². The lowest BCUT2D eigenvalue weighted by atomic mass is 10.3. The van der Waals surface area contributed by atoms with Crippen LogP contribution in [0.1, 0.15) is 27.8 Å². The van der Waals surface area contributed by atoms with E-state index >= 15 is 0 Å². The highest BCUT2D eigenvalue weighted by molar-refractivity contribution is 5.91. The molecule has 0 atom stereocenters. The van der Waals surface area contributed by atoms with Crippen molar-refractivity contribution in [1.82, 2.24) is 4.90 Å². The summed E-state index contributed by atoms with van der Waals surface area (Å²) in [6.45, 7) is 2.58. The second kappa shape index (κ2) is 5.75. The van der Waals surface area contributed by atoms with Crippen LogP contribution >= 0.6 is 0 Å². The van der Waals surface area contributed by atoms with Crippen LogP contribution in [0.25, 0.3) is 0 Å². The number of hydrogen-bond acceptors (Lipinski definition) is 4. The van der Waals surface area contributed by atoms with Crippen molar-refractivity contribution in [3.63, 3.8) is 0 Å². The molecule has 0 bridgehead atoms. The minimum Gasteiger partial charge on any atom is -0.467 e. The predicted octanol–water partition coefficient (Wildman–Crippen LogP) is 3.62. The molecule has 5 heteroatoms. The van der Waals surface area contributed by atoms with Crippen LogP contribution in [0.5, 0.6) is 0 Å². The van der Waals surface area contributed by atoms with Gasteiger partial charge in [0, 0.05) is 0 Å². The Balaban J connectivity index is 1.81. The van der Waals surface area contributed by atoms with Crippen molar-refractivity contribution in [1.29, 1.82) is 0 Å². The molecule has 3 rings (SSSR count). The van der Waals surface area contributed by atoms with Crippen molar-refractivity contribution >= 4 is 5.91 Å². The van der Waals surface area contributed by atoms with E-state index in [1.54, 1.807) is 29.4 Å². The standard InChI is InChI=1S/C16H15NO4/c1-12-6-7-14(21-12)11-17(10-13-4-2-8-19-13)16(18)15-5-3-9-20-15/h2-9H,10-11H2,1H3. The number of amides is 1. The van der Waals surface area contributed by atoms with Gasteiger partial charge in [0.05, 0.1) is 25.6 Å². The van der Waals surface area contributed by atoms with E-state index in [0.717, 1.165) is 11.5 Å². The van der Waals surface area contributed by atoms with Gasteiger partial charge >= 0.3 is 0 Å². The minimum atomic E-state index is -0.203. The molecule has 3 aromatic heterocycles. The van der Waals surface area contributed by atoms with Gasteiger partial charge in [-0.25, -0.2) is 0 Å². The molecule has 5 nitrogen and oxygen atoms in total. The topological polar surface area (TPSA) is 59.7 Å². The molecule has 0 aliphatic rings. The van der Waals surface area contributed by atoms with Gasteiger partial charge in [0.2, 0.25) is 0 Å². The minimum absolute atomic E-state index is 0.203. The van der Waals surface area contributed by atoms with Crippen molar-refractivity contribution in [3.8, 4) is 0 Å². The van der Waals surface area contributed by atoms with Crippen molar-refractivity contribution in [3.05, 3.63) is 72.0 Å². The van der Waals surface area contributed by atoms with Crippen LogP contribution in [0.4, 0.5) is 0 Å². The van der Waals surface area contributed by atoms with Crippen LogP contribution in [0.3, 0.4) is 0 Å². The molecule has 0 fully saturated rings. The normalized spacial score (nSPS) is 10.7. The fourth-order valence-electron chi connectivity index (χ4n) is 2.10. The zero-order valence-electron chi connectivity index (χ0n) is 11.6. The van der Waals surface area contributed by atoms with E-state index in [2.05, 4.69) is 0 Å². The first kappa shape index (κ1) is 13.3. The summed E-state index contributed by atoms with van der Waals surface area (Å²) >= 11 is 0. The third-order valence-electron chi connectivity index (χ3n) is 3.09. The van der Waals surface area contributed by atoms with Gasteiger partial charge in [-0.3, -0.25) is 4.79 Å². The number of nitrogens with zero attached hydrogens (tertiary/aromatic N) is 1. The maximum Gasteiger partial charge on any atom is 0.290 e. The second-order valence-electron chi connectivity index (χ2n) is 4.73. The highest BCUT2D eigenvalue weighted by atomic mass is 16.3. The van der Waals surface area contributed by atoms with E-state index in [-0.39, 0.29) is 5.91 Å². The largest absolute Gasteiger partial charge is 0.467 e. The number of aryl methyl sites for hydroxylation is 1. The molecule has 0 aliphatic heterocycles. The Hall–Kier alpha value is -2.69. The van der Waals surface area contributed by atoms with Crippen LogP contribution in [0.2, 0.25) is 0 Å². The van der Waals surface area contributed by atoms with Crippen LogP contribution in [0.15, 0.2) is 62.2 Å². The summed E-state index contributed by atoms with van der Waals surface area (Å²) in [5, 5.41) is 0. The molecule has 0 saturated carbocycles. The average molecular weight is 285 g/mol. The summed E-state index contributed by atoms with van der Waals surface area (Å²) in [7, 11) is 0. The predicted molar refractivity (Wildman–Crippen MR) is 74.4 cm³/mol. The summed E-state index contributed by atoms with van der Waals surface area (Å²) in [5.74, 6) is 2.33. The summed E-state index contributed by atoms with van der Waals surface area (Å²) < 4.78 is 16.1. The number of furan rings is 3. The number of carbonyl (C=O) groups is 1. The molecule has 0 aliphatic carbocycles. The van der Waals surface area contributed by atoms with Crippen molar-refractivity contribution in [2.24, 2.45) is 0 Å². The molecule has 21 heavy (non-hydrogen) atoms. The van der Waals surface area contributed by atoms with E-state index in [0.29, 0.717) is 24.6 Å². The van der Waals surface area contributed by atoms with E-state index in [1.165, 1.54) is 6.26 Å². The van der Waals surface area contributed by atoms with Gasteiger partial charge in [-0.2, -0.15) is 0 Å². The van der Waals surface area contributed by atoms with Gasteiger partial charge < -0.3 is 18.2 Å². The SMILES string of the molecule is Cc1ccc(CN(Cc2ccco2)C(=O)c2ccco2)o1. The first-order valence-corrected chi connectivity index (χ1v) is 6.63. The maximum atomic E-state index is 12.5. The smallest absolute Gasteiger partial charge is 0.290 e. The van der Waals surface area contributed by atoms with Crippen LogP contribution in [-0.4, -0.2) is 10.8 Å². The molecule has 0 unspecified atom stereocenters. The molecular formula is C16H15NO4. The molecule has 0 saturated heterocycles. The molecule has 0 radical (unpaired) electrons. The Kier molecular flexibility index (Phi) is 3.64. The zero-order chi connectivity index (χ0) is 14.7. The highest BCUT2D eigenvalue weighted by Crippen LogP contribution is 2.16. The van der Waals surface area contributed by atoms with E-state index in [9.17, 15) is 4.79 Å². The van der Waals surface area contributed by atoms with Crippen LogP contribution < -0.4 is 0 Å². The zero-order valence-corrected chi connectivity index (χ0v) is 11.6. The average Bonchev–Trinajstić information content (AvgIpc) is 3.19. The molecule has 0 spiro atoms. The van der Waals surface area contributed by atoms with Crippen molar-refractivity contribution < 1.29 is 18.0 Å². The van der Waals surface area contributed by atoms with Gasteiger partial charge in [0.25, 0.3) is 5.91 Å². The molecule has 3 heterocycles. The lowest BCUT2D eigenvalue weighted by Crippen LogP contribution is -2.29. The Morgan fingerprint density at radius 2 is 1.76 bits per heavy atom. The Bertz CT molecular complexity index is 695. The lowest BCUT2D eigenvalue weighted by molar-refractivity contribution is 0.0672. The quantitative estimate of drug-likeness (QED) is 0.718. The van der Waals surface area contributed by atoms with Gasteiger partial charge in [-0.05, 0) is 43.3 Å². The summed E-state index contributed by atoms with van der Waals surface area (Å²) in [6.07, 6.45) is 3.07. The van der Waals surface area contributed by atoms with Crippen LogP contribution in [0, 0.1) is 6.92 Å². The number of carbonyl (C=O) groups excluding carboxylic acids is 1. The van der Waals surface area contributed by atoms with Gasteiger partial charge in [0.1, 0.15) is 17.3 Å². The summed E-state index contributed by atoms with van der Waals surface area (Å²) in [6, 6.07) is 10.7. The lowest BCUT2D eigenvalue weighted by Gasteiger charge is -2.19. The molecule has 0 N–H and O–H groups in total. The van der Waals surface area contributed by atoms with E-state index in [1.807, 2.05) is 25.1 Å². The number of rotatable bonds is 5. The first-order valence-electron chi connectivity index (χ1n) is 6.63. The fourth-order valence-corrected chi connectivity index (χ4v) is 2.10. The Labute approximate surface area is 121 Å². The molecule has 3 aromatic rings. The molecule has 0 aromatic carbocycles. The van der Waals surface area contributed by atoms with Crippen LogP contribution in [-0.2, 0) is 13.1 Å². The second-order valence-corrected chi connectivity index (χ2v) is 4.73. The third-order valence-corrected chi connectivity index (χ3v) is 3.09. The van der Waals surface area contributed by atoms with Gasteiger partial charge in [-0.15, -0.1) is 0 Å². The number of hydrogen-bond donors (Lipinski definition) is 0. The summed E-state index contributed by atoms with van der Waals surface area (Å²) in [5.41, 5.74) is 0. The molecule has 1 amide bonds. The van der Waals surface area contributed by atoms with E-state index in [4.69, 9.17) is 13.3 Å². The highest BCUT2D eigenvalue weighted by Gasteiger charge is 2.21. The molecular weight excluding hydrogens is 270 g/mol. The van der Waals surface area contributed by atoms with E-state index < -0.39 is 0 Å². The summed E-state index contributed by atoms with van der Waals surface area (Å²) in [4.78, 5) is 14.1. The fraction of sp³-hybridized carbons (Fsp3) is 0.188. The van der Waals surface area contributed by atoms with Gasteiger partial charge in [0.15, 0.2) is 5.76 Å². The third kappa shape index (κ3) is 3.08. The Morgan fingerprint density at radius 1 is 1.00 bits per heavy atom. The van der Waals surface area contributed by atoms with Crippen molar-refractivity contribution in [2.45, 2.75) is 20.0 Å². The molecule has 108 valence electrons. The first-order chi connectivity index (χ1) is 10.2. The maximum absolute atomic E-state index is 12.5. The van der Waals surface area contributed by atoms with Crippen molar-refractivity contribution in [2.75, 3.05) is 0 Å². The monoisotopic (exact) mass is 285 g/mol.